The number of hydrogen-bond donors (Lipinski definition) is 0. The fourth-order valence-electron chi connectivity index (χ4n) is 0.298. The molecule has 0 fully saturated rings. The van der Waals surface area contributed by atoms with Crippen molar-refractivity contribution >= 4 is 6.72 Å². The summed E-state index contributed by atoms with van der Waals surface area (Å²) in [4.78, 5) is 4.70. The van der Waals surface area contributed by atoms with Crippen molar-refractivity contribution in [3.63, 3.8) is 0 Å². The summed E-state index contributed by atoms with van der Waals surface area (Å²) in [5, 5.41) is 3.27. The first-order valence-electron chi connectivity index (χ1n) is 2.89. The van der Waals surface area contributed by atoms with Gasteiger partial charge in [0.2, 0.25) is 0 Å². The van der Waals surface area contributed by atoms with E-state index in [1.165, 1.54) is 0 Å². The van der Waals surface area contributed by atoms with Gasteiger partial charge in [-0.2, -0.15) is 0 Å². The van der Waals surface area contributed by atoms with Gasteiger partial charge in [-0.3, -0.25) is 0 Å². The van der Waals surface area contributed by atoms with E-state index in [9.17, 15) is 0 Å². The summed E-state index contributed by atoms with van der Waals surface area (Å²) >= 11 is 0. The van der Waals surface area contributed by atoms with Crippen LogP contribution in [0.3, 0.4) is 0 Å². The lowest BCUT2D eigenvalue weighted by Gasteiger charge is -2.03. The molecule has 0 aromatic carbocycles. The third-order valence-electron chi connectivity index (χ3n) is 1.15. The molecule has 0 rings (SSSR count). The summed E-state index contributed by atoms with van der Waals surface area (Å²) in [7, 11) is 0. The van der Waals surface area contributed by atoms with Crippen molar-refractivity contribution in [2.24, 2.45) is 11.1 Å². The second kappa shape index (κ2) is 4.62. The molecule has 0 saturated heterocycles. The topological polar surface area (TPSA) is 21.6 Å². The molecule has 0 aromatic rings. The van der Waals surface area contributed by atoms with E-state index in [2.05, 4.69) is 25.7 Å². The molecule has 0 aromatic heterocycles. The maximum absolute atomic E-state index is 4.70. The molecule has 0 N–H and O–H groups in total. The van der Waals surface area contributed by atoms with E-state index in [4.69, 9.17) is 4.84 Å². The second-order valence-electron chi connectivity index (χ2n) is 1.94. The van der Waals surface area contributed by atoms with Crippen LogP contribution in [0.4, 0.5) is 0 Å². The van der Waals surface area contributed by atoms with Gasteiger partial charge in [0.1, 0.15) is 6.61 Å². The van der Waals surface area contributed by atoms with Gasteiger partial charge in [0.15, 0.2) is 0 Å². The van der Waals surface area contributed by atoms with E-state index in [0.29, 0.717) is 12.5 Å². The minimum atomic E-state index is 0.598. The predicted molar refractivity (Wildman–Crippen MR) is 35.0 cm³/mol. The highest BCUT2D eigenvalue weighted by Crippen LogP contribution is 1.99. The van der Waals surface area contributed by atoms with E-state index in [-0.39, 0.29) is 0 Å². The van der Waals surface area contributed by atoms with Crippen LogP contribution in [-0.4, -0.2) is 13.3 Å². The molecule has 0 aliphatic carbocycles. The van der Waals surface area contributed by atoms with Crippen molar-refractivity contribution in [1.82, 2.24) is 0 Å². The summed E-state index contributed by atoms with van der Waals surface area (Å²) in [5.41, 5.74) is 0. The molecule has 0 amide bonds. The molecule has 0 radical (unpaired) electrons. The van der Waals surface area contributed by atoms with Gasteiger partial charge in [0, 0.05) is 6.72 Å². The first-order valence-corrected chi connectivity index (χ1v) is 2.89. The first kappa shape index (κ1) is 7.47. The lowest BCUT2D eigenvalue weighted by molar-refractivity contribution is 0.114. The van der Waals surface area contributed by atoms with Crippen LogP contribution >= 0.6 is 0 Å². The van der Waals surface area contributed by atoms with Crippen molar-refractivity contribution in [2.45, 2.75) is 20.3 Å². The summed E-state index contributed by atoms with van der Waals surface area (Å²) in [6, 6.07) is 0. The van der Waals surface area contributed by atoms with E-state index in [0.717, 1.165) is 6.42 Å². The number of hydrogen-bond acceptors (Lipinski definition) is 2. The molecule has 0 saturated carbocycles. The first-order chi connectivity index (χ1) is 3.81. The molecule has 0 heterocycles. The van der Waals surface area contributed by atoms with Crippen LogP contribution in [0.25, 0.3) is 0 Å². The van der Waals surface area contributed by atoms with Gasteiger partial charge >= 0.3 is 0 Å². The van der Waals surface area contributed by atoms with Gasteiger partial charge in [-0.05, 0) is 5.92 Å². The summed E-state index contributed by atoms with van der Waals surface area (Å²) in [6.45, 7) is 8.13. The smallest absolute Gasteiger partial charge is 0.119 e. The van der Waals surface area contributed by atoms with Gasteiger partial charge < -0.3 is 4.84 Å². The van der Waals surface area contributed by atoms with Crippen molar-refractivity contribution in [3.8, 4) is 0 Å². The van der Waals surface area contributed by atoms with Crippen molar-refractivity contribution in [3.05, 3.63) is 0 Å². The van der Waals surface area contributed by atoms with Crippen LogP contribution in [0.5, 0.6) is 0 Å². The quantitative estimate of drug-likeness (QED) is 0.403. The van der Waals surface area contributed by atoms with Gasteiger partial charge in [-0.1, -0.05) is 20.3 Å². The fraction of sp³-hybridized carbons (Fsp3) is 0.833. The van der Waals surface area contributed by atoms with Crippen LogP contribution in [0.2, 0.25) is 0 Å². The Kier molecular flexibility index (Phi) is 4.32. The van der Waals surface area contributed by atoms with Gasteiger partial charge in [-0.15, -0.1) is 5.16 Å². The Balaban J connectivity index is 2.97. The highest BCUT2D eigenvalue weighted by molar-refractivity contribution is 5.21. The zero-order chi connectivity index (χ0) is 6.41. The molecular formula is C6H13NO. The summed E-state index contributed by atoms with van der Waals surface area (Å²) < 4.78 is 0. The van der Waals surface area contributed by atoms with E-state index in [1.807, 2.05) is 0 Å². The molecule has 0 bridgehead atoms. The Hall–Kier alpha value is -0.530. The molecule has 1 unspecified atom stereocenters. The van der Waals surface area contributed by atoms with Gasteiger partial charge in [0.25, 0.3) is 0 Å². The molecule has 0 spiro atoms. The van der Waals surface area contributed by atoms with E-state index in [1.54, 1.807) is 0 Å². The Morgan fingerprint density at radius 2 is 2.38 bits per heavy atom. The SMILES string of the molecule is C=NOCC(C)CC. The van der Waals surface area contributed by atoms with Crippen LogP contribution < -0.4 is 0 Å². The zero-order valence-electron chi connectivity index (χ0n) is 5.55. The Bertz CT molecular complexity index is 63.5. The molecule has 2 nitrogen and oxygen atoms in total. The number of nitrogens with zero attached hydrogens (tertiary/aromatic N) is 1. The maximum atomic E-state index is 4.70. The average molecular weight is 115 g/mol. The molecule has 8 heavy (non-hydrogen) atoms. The molecule has 2 heteroatoms. The number of rotatable bonds is 4. The van der Waals surface area contributed by atoms with Gasteiger partial charge in [-0.25, -0.2) is 0 Å². The molecular weight excluding hydrogens is 102 g/mol. The average Bonchev–Trinajstić information content (AvgIpc) is 1.83. The lowest BCUT2D eigenvalue weighted by atomic mass is 10.1. The van der Waals surface area contributed by atoms with Crippen LogP contribution in [0, 0.1) is 5.92 Å². The second-order valence-corrected chi connectivity index (χ2v) is 1.94. The molecule has 0 aliphatic heterocycles. The standard InChI is InChI=1S/C6H13NO/c1-4-6(2)5-8-7-3/h6H,3-5H2,1-2H3. The van der Waals surface area contributed by atoms with Crippen LogP contribution in [-0.2, 0) is 4.84 Å². The Labute approximate surface area is 50.5 Å². The highest BCUT2D eigenvalue weighted by atomic mass is 16.6. The third-order valence-corrected chi connectivity index (χ3v) is 1.15. The normalized spacial score (nSPS) is 12.8. The zero-order valence-corrected chi connectivity index (χ0v) is 5.55. The summed E-state index contributed by atoms with van der Waals surface area (Å²) in [6.07, 6.45) is 1.13. The Morgan fingerprint density at radius 1 is 1.75 bits per heavy atom. The fourth-order valence-corrected chi connectivity index (χ4v) is 0.298. The Morgan fingerprint density at radius 3 is 2.75 bits per heavy atom. The van der Waals surface area contributed by atoms with Crippen molar-refractivity contribution in [1.29, 1.82) is 0 Å². The van der Waals surface area contributed by atoms with Crippen LogP contribution in [0.15, 0.2) is 5.16 Å². The van der Waals surface area contributed by atoms with Gasteiger partial charge in [0.05, 0.1) is 0 Å². The lowest BCUT2D eigenvalue weighted by Crippen LogP contribution is -1.99. The monoisotopic (exact) mass is 115 g/mol. The van der Waals surface area contributed by atoms with Crippen molar-refractivity contribution in [2.75, 3.05) is 6.61 Å². The van der Waals surface area contributed by atoms with E-state index < -0.39 is 0 Å². The van der Waals surface area contributed by atoms with Crippen LogP contribution in [0.1, 0.15) is 20.3 Å². The molecule has 0 aliphatic rings. The minimum Gasteiger partial charge on any atom is -0.396 e. The molecule has 48 valence electrons. The largest absolute Gasteiger partial charge is 0.396 e. The minimum absolute atomic E-state index is 0.598. The third kappa shape index (κ3) is 3.65. The summed E-state index contributed by atoms with van der Waals surface area (Å²) in [5.74, 6) is 0.598. The van der Waals surface area contributed by atoms with E-state index >= 15 is 0 Å². The molecule has 1 atom stereocenters. The highest BCUT2D eigenvalue weighted by Gasteiger charge is 1.95. The number of oxime groups is 1. The van der Waals surface area contributed by atoms with Crippen molar-refractivity contribution < 1.29 is 4.84 Å². The maximum Gasteiger partial charge on any atom is 0.119 e. The predicted octanol–water partition coefficient (Wildman–Crippen LogP) is 1.66.